The fraction of sp³-hybridized carbons (Fsp3) is 0.318. The van der Waals surface area contributed by atoms with Crippen molar-refractivity contribution in [2.24, 2.45) is 5.10 Å². The van der Waals surface area contributed by atoms with E-state index in [2.05, 4.69) is 56.6 Å². The molecule has 2 heterocycles. The summed E-state index contributed by atoms with van der Waals surface area (Å²) < 4.78 is 2.18. The number of hydrogen-bond acceptors (Lipinski definition) is 5. The number of nitrogens with one attached hydrogen (secondary N) is 1. The summed E-state index contributed by atoms with van der Waals surface area (Å²) in [6.45, 7) is 2.30. The number of rotatable bonds is 6. The fourth-order valence-electron chi connectivity index (χ4n) is 3.42. The Morgan fingerprint density at radius 2 is 1.72 bits per heavy atom. The van der Waals surface area contributed by atoms with Crippen LogP contribution in [0.25, 0.3) is 0 Å². The second kappa shape index (κ2) is 9.89. The first-order chi connectivity index (χ1) is 14.3. The van der Waals surface area contributed by atoms with Crippen molar-refractivity contribution < 1.29 is 0 Å². The topological polar surface area (TPSA) is 49.2 Å². The SMILES string of the molecule is S=c1[nH]nc(SCc2ccccc2)n1/N=C\c1ccc(N2CCCCCC2)cc1. The molecule has 1 saturated heterocycles. The minimum Gasteiger partial charge on any atom is -0.372 e. The van der Waals surface area contributed by atoms with Crippen molar-refractivity contribution in [2.45, 2.75) is 36.6 Å². The summed E-state index contributed by atoms with van der Waals surface area (Å²) in [5.74, 6) is 0.820. The van der Waals surface area contributed by atoms with E-state index in [1.807, 2.05) is 24.4 Å². The van der Waals surface area contributed by atoms with Gasteiger partial charge in [0.1, 0.15) is 0 Å². The molecule has 150 valence electrons. The quantitative estimate of drug-likeness (QED) is 0.323. The van der Waals surface area contributed by atoms with Crippen molar-refractivity contribution in [1.29, 1.82) is 0 Å². The zero-order valence-corrected chi connectivity index (χ0v) is 18.0. The van der Waals surface area contributed by atoms with Gasteiger partial charge in [0.25, 0.3) is 0 Å². The standard InChI is InChI=1S/C22H25N5S2/c28-21-24-25-22(29-17-19-8-4-3-5-9-19)27(21)23-16-18-10-12-20(13-11-18)26-14-6-1-2-7-15-26/h3-5,8-13,16H,1-2,6-7,14-15,17H2,(H,24,28)/b23-16-. The molecule has 1 fully saturated rings. The molecule has 5 nitrogen and oxygen atoms in total. The van der Waals surface area contributed by atoms with E-state index in [-0.39, 0.29) is 0 Å². The Balaban J connectivity index is 1.43. The Morgan fingerprint density at radius 3 is 2.45 bits per heavy atom. The molecule has 1 aliphatic heterocycles. The molecule has 0 unspecified atom stereocenters. The lowest BCUT2D eigenvalue weighted by molar-refractivity contribution is 0.726. The smallest absolute Gasteiger partial charge is 0.217 e. The van der Waals surface area contributed by atoms with Crippen molar-refractivity contribution in [2.75, 3.05) is 18.0 Å². The minimum atomic E-state index is 0.498. The van der Waals surface area contributed by atoms with Gasteiger partial charge in [0.2, 0.25) is 9.93 Å². The molecule has 0 bridgehead atoms. The molecule has 0 amide bonds. The molecular formula is C22H25N5S2. The van der Waals surface area contributed by atoms with Crippen LogP contribution in [0, 0.1) is 4.77 Å². The van der Waals surface area contributed by atoms with Crippen LogP contribution in [0.1, 0.15) is 36.8 Å². The molecule has 0 saturated carbocycles. The van der Waals surface area contributed by atoms with Crippen molar-refractivity contribution >= 4 is 35.9 Å². The number of thioether (sulfide) groups is 1. The first-order valence-corrected chi connectivity index (χ1v) is 11.4. The molecular weight excluding hydrogens is 398 g/mol. The van der Waals surface area contributed by atoms with Crippen molar-refractivity contribution in [3.8, 4) is 0 Å². The van der Waals surface area contributed by atoms with E-state index in [1.165, 1.54) is 36.9 Å². The van der Waals surface area contributed by atoms with Crippen LogP contribution in [-0.4, -0.2) is 34.2 Å². The number of anilines is 1. The van der Waals surface area contributed by atoms with Gasteiger partial charge in [-0.25, -0.2) is 5.10 Å². The highest BCUT2D eigenvalue weighted by molar-refractivity contribution is 7.98. The van der Waals surface area contributed by atoms with E-state index in [0.717, 1.165) is 29.6 Å². The van der Waals surface area contributed by atoms with Gasteiger partial charge in [-0.3, -0.25) is 0 Å². The van der Waals surface area contributed by atoms with Crippen LogP contribution in [0.15, 0.2) is 64.9 Å². The summed E-state index contributed by atoms with van der Waals surface area (Å²) in [5.41, 5.74) is 3.58. The number of benzene rings is 2. The van der Waals surface area contributed by atoms with E-state index >= 15 is 0 Å². The lowest BCUT2D eigenvalue weighted by Gasteiger charge is -2.22. The lowest BCUT2D eigenvalue weighted by Crippen LogP contribution is -2.23. The van der Waals surface area contributed by atoms with Crippen LogP contribution in [-0.2, 0) is 5.75 Å². The van der Waals surface area contributed by atoms with E-state index in [0.29, 0.717) is 4.77 Å². The normalized spacial score (nSPS) is 15.0. The summed E-state index contributed by atoms with van der Waals surface area (Å²) in [7, 11) is 0. The average molecular weight is 424 g/mol. The van der Waals surface area contributed by atoms with Crippen LogP contribution >= 0.6 is 24.0 Å². The highest BCUT2D eigenvalue weighted by Crippen LogP contribution is 2.22. The molecule has 0 atom stereocenters. The number of nitrogens with zero attached hydrogens (tertiary/aromatic N) is 4. The molecule has 4 rings (SSSR count). The van der Waals surface area contributed by atoms with Crippen LogP contribution < -0.4 is 4.90 Å². The van der Waals surface area contributed by atoms with Gasteiger partial charge in [-0.2, -0.15) is 9.78 Å². The Morgan fingerprint density at radius 1 is 1.00 bits per heavy atom. The molecule has 3 aromatic rings. The van der Waals surface area contributed by atoms with Gasteiger partial charge in [0, 0.05) is 24.5 Å². The predicted octanol–water partition coefficient (Wildman–Crippen LogP) is 5.50. The van der Waals surface area contributed by atoms with Crippen molar-refractivity contribution in [3.63, 3.8) is 0 Å². The highest BCUT2D eigenvalue weighted by atomic mass is 32.2. The summed E-state index contributed by atoms with van der Waals surface area (Å²) in [5, 5.41) is 12.5. The molecule has 1 aromatic heterocycles. The van der Waals surface area contributed by atoms with Gasteiger partial charge < -0.3 is 4.90 Å². The molecule has 29 heavy (non-hydrogen) atoms. The molecule has 0 spiro atoms. The van der Waals surface area contributed by atoms with Crippen LogP contribution in [0.4, 0.5) is 5.69 Å². The largest absolute Gasteiger partial charge is 0.372 e. The van der Waals surface area contributed by atoms with Gasteiger partial charge in [-0.15, -0.1) is 5.10 Å². The zero-order valence-electron chi connectivity index (χ0n) is 16.3. The number of aromatic amines is 1. The van der Waals surface area contributed by atoms with Gasteiger partial charge in [0.15, 0.2) is 0 Å². The maximum Gasteiger partial charge on any atom is 0.217 e. The lowest BCUT2D eigenvalue weighted by atomic mass is 10.2. The maximum absolute atomic E-state index is 5.35. The Labute approximate surface area is 180 Å². The van der Waals surface area contributed by atoms with E-state index in [9.17, 15) is 0 Å². The summed E-state index contributed by atoms with van der Waals surface area (Å²) in [6.07, 6.45) is 7.09. The second-order valence-corrected chi connectivity index (χ2v) is 8.46. The van der Waals surface area contributed by atoms with E-state index in [1.54, 1.807) is 16.4 Å². The second-order valence-electron chi connectivity index (χ2n) is 7.13. The van der Waals surface area contributed by atoms with Crippen molar-refractivity contribution in [1.82, 2.24) is 14.9 Å². The number of H-pyrrole nitrogens is 1. The van der Waals surface area contributed by atoms with Gasteiger partial charge in [-0.05, 0) is 48.3 Å². The monoisotopic (exact) mass is 423 g/mol. The summed E-state index contributed by atoms with van der Waals surface area (Å²) in [4.78, 5) is 2.48. The highest BCUT2D eigenvalue weighted by Gasteiger charge is 2.10. The van der Waals surface area contributed by atoms with Gasteiger partial charge >= 0.3 is 0 Å². The summed E-state index contributed by atoms with van der Waals surface area (Å²) in [6, 6.07) is 18.9. The van der Waals surface area contributed by atoms with Gasteiger partial charge in [-0.1, -0.05) is 67.1 Å². The Hall–Kier alpha value is -2.38. The number of hydrogen-bond donors (Lipinski definition) is 1. The maximum atomic E-state index is 5.35. The van der Waals surface area contributed by atoms with Crippen molar-refractivity contribution in [3.05, 3.63) is 70.5 Å². The first-order valence-electron chi connectivity index (χ1n) is 10.0. The molecule has 1 aliphatic rings. The molecule has 2 aromatic carbocycles. The number of aromatic nitrogens is 3. The molecule has 0 radical (unpaired) electrons. The third-order valence-electron chi connectivity index (χ3n) is 5.02. The minimum absolute atomic E-state index is 0.498. The molecule has 1 N–H and O–H groups in total. The van der Waals surface area contributed by atoms with Gasteiger partial charge in [0.05, 0.1) is 6.21 Å². The van der Waals surface area contributed by atoms with Crippen LogP contribution in [0.3, 0.4) is 0 Å². The van der Waals surface area contributed by atoms with Crippen LogP contribution in [0.2, 0.25) is 0 Å². The van der Waals surface area contributed by atoms with Crippen LogP contribution in [0.5, 0.6) is 0 Å². The first kappa shape index (κ1) is 19.9. The van der Waals surface area contributed by atoms with E-state index < -0.39 is 0 Å². The molecule has 0 aliphatic carbocycles. The predicted molar refractivity (Wildman–Crippen MR) is 124 cm³/mol. The molecule has 7 heteroatoms. The Kier molecular flexibility index (Phi) is 6.79. The third-order valence-corrected chi connectivity index (χ3v) is 6.28. The fourth-order valence-corrected chi connectivity index (χ4v) is 4.52. The van der Waals surface area contributed by atoms with E-state index in [4.69, 9.17) is 12.2 Å². The Bertz CT molecular complexity index is 984. The third kappa shape index (κ3) is 5.36. The average Bonchev–Trinajstić information content (AvgIpc) is 2.95. The summed E-state index contributed by atoms with van der Waals surface area (Å²) >= 11 is 6.96. The zero-order chi connectivity index (χ0) is 19.9.